The van der Waals surface area contributed by atoms with E-state index in [2.05, 4.69) is 4.90 Å². The number of hydrogen-bond donors (Lipinski definition) is 1. The highest BCUT2D eigenvalue weighted by atomic mass is 32.2. The van der Waals surface area contributed by atoms with Crippen molar-refractivity contribution in [2.45, 2.75) is 24.8 Å². The largest absolute Gasteiger partial charge is 0.492 e. The molecule has 0 saturated carbocycles. The first-order valence-electron chi connectivity index (χ1n) is 7.09. The third-order valence-corrected chi connectivity index (χ3v) is 5.66. The van der Waals surface area contributed by atoms with E-state index < -0.39 is 10.0 Å². The van der Waals surface area contributed by atoms with E-state index in [4.69, 9.17) is 10.5 Å². The van der Waals surface area contributed by atoms with Crippen molar-refractivity contribution < 1.29 is 13.2 Å². The van der Waals surface area contributed by atoms with Gasteiger partial charge in [0.2, 0.25) is 10.0 Å². The second kappa shape index (κ2) is 6.21. The standard InChI is InChI=1S/C14H23N3O3S/c1-4-20-13-6-5-12(15)9-14(13)21(18,19)17-8-7-16(3)10-11(17)2/h5-6,9,11H,4,7-8,10,15H2,1-3H3. The molecule has 0 aromatic heterocycles. The average molecular weight is 313 g/mol. The van der Waals surface area contributed by atoms with Gasteiger partial charge in [0.25, 0.3) is 0 Å². The first-order chi connectivity index (χ1) is 9.86. The Kier molecular flexibility index (Phi) is 4.75. The summed E-state index contributed by atoms with van der Waals surface area (Å²) in [6.07, 6.45) is 0. The molecule has 21 heavy (non-hydrogen) atoms. The van der Waals surface area contributed by atoms with Gasteiger partial charge in [0, 0.05) is 31.4 Å². The van der Waals surface area contributed by atoms with E-state index in [0.717, 1.165) is 6.54 Å². The van der Waals surface area contributed by atoms with Gasteiger partial charge in [-0.05, 0) is 39.1 Å². The first-order valence-corrected chi connectivity index (χ1v) is 8.53. The van der Waals surface area contributed by atoms with Crippen molar-refractivity contribution >= 4 is 15.7 Å². The SMILES string of the molecule is CCOc1ccc(N)cc1S(=O)(=O)N1CCN(C)CC1C. The number of anilines is 1. The lowest BCUT2D eigenvalue weighted by Gasteiger charge is -2.37. The number of benzene rings is 1. The van der Waals surface area contributed by atoms with Crippen LogP contribution in [0.1, 0.15) is 13.8 Å². The molecule has 0 amide bonds. The Morgan fingerprint density at radius 2 is 2.10 bits per heavy atom. The molecule has 1 aromatic carbocycles. The molecule has 1 fully saturated rings. The van der Waals surface area contributed by atoms with Crippen LogP contribution in [-0.4, -0.2) is 57.0 Å². The van der Waals surface area contributed by atoms with Crippen molar-refractivity contribution in [3.8, 4) is 5.75 Å². The van der Waals surface area contributed by atoms with Gasteiger partial charge in [0.05, 0.1) is 6.61 Å². The summed E-state index contributed by atoms with van der Waals surface area (Å²) in [5.41, 5.74) is 6.18. The van der Waals surface area contributed by atoms with E-state index in [-0.39, 0.29) is 10.9 Å². The van der Waals surface area contributed by atoms with Crippen LogP contribution >= 0.6 is 0 Å². The van der Waals surface area contributed by atoms with Gasteiger partial charge >= 0.3 is 0 Å². The lowest BCUT2D eigenvalue weighted by atomic mass is 10.2. The molecule has 7 heteroatoms. The van der Waals surface area contributed by atoms with Gasteiger partial charge in [-0.2, -0.15) is 4.31 Å². The molecule has 1 aliphatic rings. The first kappa shape index (κ1) is 16.1. The number of sulfonamides is 1. The molecule has 118 valence electrons. The predicted octanol–water partition coefficient (Wildman–Crippen LogP) is 0.992. The van der Waals surface area contributed by atoms with Crippen LogP contribution in [-0.2, 0) is 10.0 Å². The maximum Gasteiger partial charge on any atom is 0.247 e. The minimum Gasteiger partial charge on any atom is -0.492 e. The van der Waals surface area contributed by atoms with Gasteiger partial charge in [-0.15, -0.1) is 0 Å². The van der Waals surface area contributed by atoms with E-state index in [1.165, 1.54) is 10.4 Å². The van der Waals surface area contributed by atoms with Crippen molar-refractivity contribution in [2.75, 3.05) is 39.0 Å². The van der Waals surface area contributed by atoms with Crippen LogP contribution in [0.25, 0.3) is 0 Å². The van der Waals surface area contributed by atoms with E-state index in [1.54, 1.807) is 12.1 Å². The summed E-state index contributed by atoms with van der Waals surface area (Å²) in [7, 11) is -1.62. The molecule has 2 rings (SSSR count). The quantitative estimate of drug-likeness (QED) is 0.839. The van der Waals surface area contributed by atoms with Gasteiger partial charge in [0.1, 0.15) is 10.6 Å². The molecule has 1 heterocycles. The highest BCUT2D eigenvalue weighted by Crippen LogP contribution is 2.30. The summed E-state index contributed by atoms with van der Waals surface area (Å²) in [5.74, 6) is 0.359. The third-order valence-electron chi connectivity index (χ3n) is 3.62. The molecular weight excluding hydrogens is 290 g/mol. The van der Waals surface area contributed by atoms with Crippen molar-refractivity contribution in [3.05, 3.63) is 18.2 Å². The van der Waals surface area contributed by atoms with Crippen molar-refractivity contribution in [3.63, 3.8) is 0 Å². The maximum atomic E-state index is 12.9. The molecule has 1 aromatic rings. The number of rotatable bonds is 4. The zero-order chi connectivity index (χ0) is 15.6. The van der Waals surface area contributed by atoms with Crippen LogP contribution in [0.2, 0.25) is 0 Å². The average Bonchev–Trinajstić information content (AvgIpc) is 2.40. The summed E-state index contributed by atoms with van der Waals surface area (Å²) in [6.45, 7) is 6.05. The smallest absolute Gasteiger partial charge is 0.247 e. The molecule has 0 aliphatic carbocycles. The van der Waals surface area contributed by atoms with E-state index in [0.29, 0.717) is 31.1 Å². The lowest BCUT2D eigenvalue weighted by molar-refractivity contribution is 0.170. The Morgan fingerprint density at radius 1 is 1.38 bits per heavy atom. The zero-order valence-electron chi connectivity index (χ0n) is 12.7. The molecule has 1 unspecified atom stereocenters. The molecule has 1 aliphatic heterocycles. The number of nitrogens with two attached hydrogens (primary N) is 1. The van der Waals surface area contributed by atoms with Crippen molar-refractivity contribution in [1.29, 1.82) is 0 Å². The molecule has 1 atom stereocenters. The zero-order valence-corrected chi connectivity index (χ0v) is 13.6. The molecule has 1 saturated heterocycles. The van der Waals surface area contributed by atoms with E-state index >= 15 is 0 Å². The number of ether oxygens (including phenoxy) is 1. The summed E-state index contributed by atoms with van der Waals surface area (Å²) < 4.78 is 32.8. The number of nitrogens with zero attached hydrogens (tertiary/aromatic N) is 2. The van der Waals surface area contributed by atoms with Gasteiger partial charge in [0.15, 0.2) is 0 Å². The maximum absolute atomic E-state index is 12.9. The van der Waals surface area contributed by atoms with Gasteiger partial charge < -0.3 is 15.4 Å². The normalized spacial score (nSPS) is 21.4. The Hall–Kier alpha value is -1.31. The fourth-order valence-corrected chi connectivity index (χ4v) is 4.39. The molecule has 2 N–H and O–H groups in total. The number of nitrogen functional groups attached to an aromatic ring is 1. The van der Waals surface area contributed by atoms with Gasteiger partial charge in [-0.3, -0.25) is 0 Å². The third kappa shape index (κ3) is 3.30. The summed E-state index contributed by atoms with van der Waals surface area (Å²) >= 11 is 0. The van der Waals surface area contributed by atoms with Crippen molar-refractivity contribution in [2.24, 2.45) is 0 Å². The highest BCUT2D eigenvalue weighted by Gasteiger charge is 2.34. The van der Waals surface area contributed by atoms with Crippen LogP contribution in [0.3, 0.4) is 0 Å². The van der Waals surface area contributed by atoms with Gasteiger partial charge in [-0.25, -0.2) is 8.42 Å². The Morgan fingerprint density at radius 3 is 2.71 bits per heavy atom. The van der Waals surface area contributed by atoms with Crippen molar-refractivity contribution in [1.82, 2.24) is 9.21 Å². The minimum atomic E-state index is -3.61. The van der Waals surface area contributed by atoms with Crippen LogP contribution in [0.4, 0.5) is 5.69 Å². The summed E-state index contributed by atoms with van der Waals surface area (Å²) in [6, 6.07) is 4.67. The second-order valence-electron chi connectivity index (χ2n) is 5.37. The molecule has 0 spiro atoms. The Balaban J connectivity index is 2.41. The monoisotopic (exact) mass is 313 g/mol. The fourth-order valence-electron chi connectivity index (χ4n) is 2.61. The summed E-state index contributed by atoms with van der Waals surface area (Å²) in [5, 5.41) is 0. The van der Waals surface area contributed by atoms with E-state index in [1.807, 2.05) is 20.9 Å². The molecule has 6 nitrogen and oxygen atoms in total. The highest BCUT2D eigenvalue weighted by molar-refractivity contribution is 7.89. The lowest BCUT2D eigenvalue weighted by Crippen LogP contribution is -2.52. The predicted molar refractivity (Wildman–Crippen MR) is 82.9 cm³/mol. The Bertz CT molecular complexity index is 603. The van der Waals surface area contributed by atoms with E-state index in [9.17, 15) is 8.42 Å². The molecule has 0 bridgehead atoms. The van der Waals surface area contributed by atoms with Crippen LogP contribution in [0.15, 0.2) is 23.1 Å². The molecule has 0 radical (unpaired) electrons. The van der Waals surface area contributed by atoms with Crippen LogP contribution < -0.4 is 10.5 Å². The fraction of sp³-hybridized carbons (Fsp3) is 0.571. The van der Waals surface area contributed by atoms with Crippen LogP contribution in [0, 0.1) is 0 Å². The number of hydrogen-bond acceptors (Lipinski definition) is 5. The van der Waals surface area contributed by atoms with Crippen LogP contribution in [0.5, 0.6) is 5.75 Å². The topological polar surface area (TPSA) is 75.9 Å². The number of piperazine rings is 1. The minimum absolute atomic E-state index is 0.0790. The number of likely N-dealkylation sites (N-methyl/N-ethyl adjacent to an activating group) is 1. The second-order valence-corrected chi connectivity index (χ2v) is 7.23. The molecular formula is C14H23N3O3S. The Labute approximate surface area is 126 Å². The van der Waals surface area contributed by atoms with Gasteiger partial charge in [-0.1, -0.05) is 0 Å². The summed E-state index contributed by atoms with van der Waals surface area (Å²) in [4.78, 5) is 2.28.